The van der Waals surface area contributed by atoms with Crippen molar-refractivity contribution in [1.29, 1.82) is 0 Å². The third-order valence-corrected chi connectivity index (χ3v) is 3.86. The van der Waals surface area contributed by atoms with Gasteiger partial charge in [-0.2, -0.15) is 0 Å². The molecule has 4 heteroatoms. The third kappa shape index (κ3) is 5.68. The van der Waals surface area contributed by atoms with Crippen LogP contribution in [0.3, 0.4) is 0 Å². The maximum absolute atomic E-state index is 11.9. The van der Waals surface area contributed by atoms with Gasteiger partial charge in [-0.1, -0.05) is 19.4 Å². The highest BCUT2D eigenvalue weighted by Gasteiger charge is 2.19. The van der Waals surface area contributed by atoms with E-state index < -0.39 is 0 Å². The van der Waals surface area contributed by atoms with Gasteiger partial charge in [-0.3, -0.25) is 9.78 Å². The second-order valence-electron chi connectivity index (χ2n) is 5.57. The number of nitrogens with one attached hydrogen (secondary N) is 1. The van der Waals surface area contributed by atoms with Crippen LogP contribution in [-0.4, -0.2) is 41.5 Å². The van der Waals surface area contributed by atoms with Crippen LogP contribution in [0.25, 0.3) is 6.08 Å². The molecule has 1 aromatic rings. The van der Waals surface area contributed by atoms with E-state index in [0.29, 0.717) is 6.04 Å². The second kappa shape index (κ2) is 8.57. The van der Waals surface area contributed by atoms with E-state index in [0.717, 1.165) is 31.6 Å². The van der Waals surface area contributed by atoms with Crippen LogP contribution in [0, 0.1) is 0 Å². The minimum atomic E-state index is -0.0207. The summed E-state index contributed by atoms with van der Waals surface area (Å²) in [5.74, 6) is -0.0207. The molecule has 0 saturated carbocycles. The first-order chi connectivity index (χ1) is 10.3. The molecule has 1 amide bonds. The predicted octanol–water partition coefficient (Wildman–Crippen LogP) is 2.48. The molecule has 1 saturated heterocycles. The number of likely N-dealkylation sites (tertiary alicyclic amines) is 1. The standard InChI is InChI=1S/C17H25N3O/c1-2-3-12-20-13-9-16(10-14-20)19-17(21)8-7-15-6-4-5-11-18-15/h4-8,11,16H,2-3,9-10,12-14H2,1H3,(H,19,21). The van der Waals surface area contributed by atoms with Gasteiger partial charge in [-0.05, 0) is 44.0 Å². The van der Waals surface area contributed by atoms with Crippen molar-refractivity contribution in [2.24, 2.45) is 0 Å². The molecule has 2 heterocycles. The third-order valence-electron chi connectivity index (χ3n) is 3.86. The van der Waals surface area contributed by atoms with Gasteiger partial charge >= 0.3 is 0 Å². The van der Waals surface area contributed by atoms with Crippen molar-refractivity contribution in [3.05, 3.63) is 36.2 Å². The maximum atomic E-state index is 11.9. The number of hydrogen-bond donors (Lipinski definition) is 1. The average molecular weight is 287 g/mol. The number of aromatic nitrogens is 1. The molecule has 0 bridgehead atoms. The topological polar surface area (TPSA) is 45.2 Å². The van der Waals surface area contributed by atoms with E-state index in [1.54, 1.807) is 18.3 Å². The van der Waals surface area contributed by atoms with Crippen LogP contribution in [0.15, 0.2) is 30.5 Å². The fraction of sp³-hybridized carbons (Fsp3) is 0.529. The largest absolute Gasteiger partial charge is 0.350 e. The quantitative estimate of drug-likeness (QED) is 0.818. The molecule has 1 aromatic heterocycles. The summed E-state index contributed by atoms with van der Waals surface area (Å²) in [7, 11) is 0. The normalized spacial score (nSPS) is 17.2. The molecule has 1 N–H and O–H groups in total. The summed E-state index contributed by atoms with van der Waals surface area (Å²) < 4.78 is 0. The number of carbonyl (C=O) groups excluding carboxylic acids is 1. The van der Waals surface area contributed by atoms with Crippen LogP contribution < -0.4 is 5.32 Å². The van der Waals surface area contributed by atoms with Crippen LogP contribution in [0.1, 0.15) is 38.3 Å². The van der Waals surface area contributed by atoms with Crippen molar-refractivity contribution in [1.82, 2.24) is 15.2 Å². The van der Waals surface area contributed by atoms with E-state index in [4.69, 9.17) is 0 Å². The van der Waals surface area contributed by atoms with Crippen molar-refractivity contribution < 1.29 is 4.79 Å². The molecular weight excluding hydrogens is 262 g/mol. The number of amides is 1. The van der Waals surface area contributed by atoms with Gasteiger partial charge in [0.1, 0.15) is 0 Å². The fourth-order valence-corrected chi connectivity index (χ4v) is 2.57. The van der Waals surface area contributed by atoms with Crippen LogP contribution in [0.5, 0.6) is 0 Å². The molecule has 2 rings (SSSR count). The van der Waals surface area contributed by atoms with E-state index in [-0.39, 0.29) is 5.91 Å². The first kappa shape index (κ1) is 15.7. The minimum absolute atomic E-state index is 0.0207. The van der Waals surface area contributed by atoms with Crippen molar-refractivity contribution >= 4 is 12.0 Å². The van der Waals surface area contributed by atoms with E-state index >= 15 is 0 Å². The van der Waals surface area contributed by atoms with E-state index in [9.17, 15) is 4.79 Å². The van der Waals surface area contributed by atoms with Crippen molar-refractivity contribution in [2.75, 3.05) is 19.6 Å². The molecule has 0 atom stereocenters. The Balaban J connectivity index is 1.71. The number of unbranched alkanes of at least 4 members (excludes halogenated alkanes) is 1. The Morgan fingerprint density at radius 1 is 1.43 bits per heavy atom. The monoisotopic (exact) mass is 287 g/mol. The Bertz CT molecular complexity index is 450. The summed E-state index contributed by atoms with van der Waals surface area (Å²) in [4.78, 5) is 18.6. The highest BCUT2D eigenvalue weighted by atomic mass is 16.1. The van der Waals surface area contributed by atoms with Crippen LogP contribution >= 0.6 is 0 Å². The van der Waals surface area contributed by atoms with E-state index in [1.165, 1.54) is 19.4 Å². The summed E-state index contributed by atoms with van der Waals surface area (Å²) >= 11 is 0. The van der Waals surface area contributed by atoms with Crippen molar-refractivity contribution in [3.8, 4) is 0 Å². The Labute approximate surface area is 127 Å². The maximum Gasteiger partial charge on any atom is 0.244 e. The Hall–Kier alpha value is -1.68. The molecule has 21 heavy (non-hydrogen) atoms. The molecular formula is C17H25N3O. The number of piperidine rings is 1. The Morgan fingerprint density at radius 3 is 2.90 bits per heavy atom. The number of carbonyl (C=O) groups is 1. The van der Waals surface area contributed by atoms with Gasteiger partial charge in [0.2, 0.25) is 5.91 Å². The highest BCUT2D eigenvalue weighted by molar-refractivity contribution is 5.91. The lowest BCUT2D eigenvalue weighted by Gasteiger charge is -2.32. The second-order valence-corrected chi connectivity index (χ2v) is 5.57. The summed E-state index contributed by atoms with van der Waals surface area (Å²) in [6.07, 6.45) is 9.67. The number of pyridine rings is 1. The Morgan fingerprint density at radius 2 is 2.24 bits per heavy atom. The molecule has 0 aliphatic carbocycles. The lowest BCUT2D eigenvalue weighted by Crippen LogP contribution is -2.44. The van der Waals surface area contributed by atoms with E-state index in [1.807, 2.05) is 18.2 Å². The molecule has 1 aliphatic heterocycles. The molecule has 0 spiro atoms. The molecule has 1 aliphatic rings. The van der Waals surface area contributed by atoms with Gasteiger partial charge in [-0.15, -0.1) is 0 Å². The molecule has 0 aromatic carbocycles. The van der Waals surface area contributed by atoms with Crippen LogP contribution in [0.4, 0.5) is 0 Å². The first-order valence-corrected chi connectivity index (χ1v) is 7.90. The SMILES string of the molecule is CCCCN1CCC(NC(=O)C=Cc2ccccn2)CC1. The number of nitrogens with zero attached hydrogens (tertiary/aromatic N) is 2. The zero-order valence-corrected chi connectivity index (χ0v) is 12.8. The highest BCUT2D eigenvalue weighted by Crippen LogP contribution is 2.11. The lowest BCUT2D eigenvalue weighted by molar-refractivity contribution is -0.117. The molecule has 0 unspecified atom stereocenters. The Kier molecular flexibility index (Phi) is 6.41. The summed E-state index contributed by atoms with van der Waals surface area (Å²) in [5, 5.41) is 3.09. The van der Waals surface area contributed by atoms with Crippen LogP contribution in [0.2, 0.25) is 0 Å². The fourth-order valence-electron chi connectivity index (χ4n) is 2.57. The van der Waals surface area contributed by atoms with Crippen molar-refractivity contribution in [2.45, 2.75) is 38.6 Å². The van der Waals surface area contributed by atoms with Gasteiger partial charge in [0, 0.05) is 31.4 Å². The predicted molar refractivity (Wildman–Crippen MR) is 85.8 cm³/mol. The minimum Gasteiger partial charge on any atom is -0.350 e. The molecule has 0 radical (unpaired) electrons. The zero-order chi connectivity index (χ0) is 14.9. The number of rotatable bonds is 6. The van der Waals surface area contributed by atoms with Gasteiger partial charge in [0.15, 0.2) is 0 Å². The summed E-state index contributed by atoms with van der Waals surface area (Å²) in [6, 6.07) is 5.97. The van der Waals surface area contributed by atoms with E-state index in [2.05, 4.69) is 22.1 Å². The molecule has 114 valence electrons. The summed E-state index contributed by atoms with van der Waals surface area (Å²) in [6.45, 7) is 5.60. The van der Waals surface area contributed by atoms with Gasteiger partial charge < -0.3 is 10.2 Å². The molecule has 4 nitrogen and oxygen atoms in total. The number of hydrogen-bond acceptors (Lipinski definition) is 3. The molecule has 1 fully saturated rings. The average Bonchev–Trinajstić information content (AvgIpc) is 2.53. The van der Waals surface area contributed by atoms with Gasteiger partial charge in [0.25, 0.3) is 0 Å². The summed E-state index contributed by atoms with van der Waals surface area (Å²) in [5.41, 5.74) is 0.807. The zero-order valence-electron chi connectivity index (χ0n) is 12.8. The van der Waals surface area contributed by atoms with Gasteiger partial charge in [0.05, 0.1) is 5.69 Å². The van der Waals surface area contributed by atoms with Gasteiger partial charge in [-0.25, -0.2) is 0 Å². The first-order valence-electron chi connectivity index (χ1n) is 7.90. The van der Waals surface area contributed by atoms with Crippen molar-refractivity contribution in [3.63, 3.8) is 0 Å². The lowest BCUT2D eigenvalue weighted by atomic mass is 10.0. The smallest absolute Gasteiger partial charge is 0.244 e. The van der Waals surface area contributed by atoms with Crippen LogP contribution in [-0.2, 0) is 4.79 Å².